The number of nitrogens with two attached hydrogens (primary N) is 1. The molecule has 0 aliphatic heterocycles. The van der Waals surface area contributed by atoms with Gasteiger partial charge in [0.2, 0.25) is 6.03 Å². The minimum absolute atomic E-state index is 0.0871. The Morgan fingerprint density at radius 2 is 1.68 bits per heavy atom. The highest BCUT2D eigenvalue weighted by Crippen LogP contribution is 2.58. The molecule has 6 nitrogen and oxygen atoms in total. The number of amides is 1. The summed E-state index contributed by atoms with van der Waals surface area (Å²) in [7, 11) is -3.68. The molecule has 3 unspecified atom stereocenters. The molecule has 0 aliphatic rings. The average molecular weight is 299 g/mol. The molecule has 0 saturated heterocycles. The Hall–Kier alpha value is -0.490. The molecule has 0 aromatic heterocycles. The maximum absolute atomic E-state index is 13.7. The first kappa shape index (κ1) is 18.5. The molecule has 0 aromatic rings. The Morgan fingerprint density at radius 1 is 1.21 bits per heavy atom. The van der Waals surface area contributed by atoms with Gasteiger partial charge in [0.1, 0.15) is 0 Å². The van der Waals surface area contributed by atoms with Crippen LogP contribution in [0, 0.1) is 0 Å². The molecular weight excluding hydrogens is 276 g/mol. The molecule has 8 heteroatoms. The van der Waals surface area contributed by atoms with E-state index in [0.717, 1.165) is 0 Å². The van der Waals surface area contributed by atoms with E-state index in [0.29, 0.717) is 0 Å². The summed E-state index contributed by atoms with van der Waals surface area (Å²) in [6.07, 6.45) is -2.08. The maximum atomic E-state index is 13.7. The SMILES string of the molecule is CCOC(OCC)P(=O)(OCC)C(C)C(F)C(N)=O. The highest BCUT2D eigenvalue weighted by atomic mass is 31.2. The van der Waals surface area contributed by atoms with Gasteiger partial charge in [-0.15, -0.1) is 0 Å². The Morgan fingerprint density at radius 3 is 2.00 bits per heavy atom. The van der Waals surface area contributed by atoms with Crippen molar-refractivity contribution in [1.29, 1.82) is 0 Å². The molecule has 0 radical (unpaired) electrons. The summed E-state index contributed by atoms with van der Waals surface area (Å²) in [4.78, 5) is 10.9. The zero-order chi connectivity index (χ0) is 15.1. The van der Waals surface area contributed by atoms with Gasteiger partial charge in [-0.25, -0.2) is 4.39 Å². The molecule has 114 valence electrons. The van der Waals surface area contributed by atoms with Gasteiger partial charge in [-0.1, -0.05) is 0 Å². The summed E-state index contributed by atoms with van der Waals surface area (Å²) < 4.78 is 42.2. The Balaban J connectivity index is 5.29. The Kier molecular flexibility index (Phi) is 8.41. The summed E-state index contributed by atoms with van der Waals surface area (Å²) in [6, 6.07) is -1.20. The number of carbonyl (C=O) groups is 1. The van der Waals surface area contributed by atoms with Gasteiger partial charge in [0.15, 0.2) is 6.17 Å². The minimum Gasteiger partial charge on any atom is -0.367 e. The first-order chi connectivity index (χ1) is 8.84. The van der Waals surface area contributed by atoms with Crippen molar-refractivity contribution < 1.29 is 27.7 Å². The van der Waals surface area contributed by atoms with E-state index in [9.17, 15) is 13.8 Å². The maximum Gasteiger partial charge on any atom is 0.263 e. The molecule has 0 rings (SSSR count). The summed E-state index contributed by atoms with van der Waals surface area (Å²) in [5.41, 5.74) is 3.68. The van der Waals surface area contributed by atoms with Crippen molar-refractivity contribution in [1.82, 2.24) is 0 Å². The summed E-state index contributed by atoms with van der Waals surface area (Å²) in [5.74, 6) is -1.18. The molecule has 3 atom stereocenters. The van der Waals surface area contributed by atoms with Crippen molar-refractivity contribution in [2.24, 2.45) is 5.73 Å². The van der Waals surface area contributed by atoms with Gasteiger partial charge >= 0.3 is 0 Å². The topological polar surface area (TPSA) is 87.8 Å². The van der Waals surface area contributed by atoms with Crippen molar-refractivity contribution in [3.63, 3.8) is 0 Å². The van der Waals surface area contributed by atoms with Gasteiger partial charge in [0, 0.05) is 13.2 Å². The van der Waals surface area contributed by atoms with Crippen LogP contribution in [0.1, 0.15) is 27.7 Å². The number of carbonyl (C=O) groups excluding carboxylic acids is 1. The zero-order valence-electron chi connectivity index (χ0n) is 11.8. The van der Waals surface area contributed by atoms with Gasteiger partial charge in [-0.05, 0) is 27.7 Å². The third kappa shape index (κ3) is 4.84. The van der Waals surface area contributed by atoms with Crippen molar-refractivity contribution in [2.75, 3.05) is 19.8 Å². The van der Waals surface area contributed by atoms with Crippen LogP contribution in [0.3, 0.4) is 0 Å². The van der Waals surface area contributed by atoms with Gasteiger partial charge in [0.25, 0.3) is 13.3 Å². The van der Waals surface area contributed by atoms with E-state index in [1.165, 1.54) is 6.92 Å². The molecule has 0 spiro atoms. The molecule has 0 saturated carbocycles. The summed E-state index contributed by atoms with van der Waals surface area (Å²) in [6.45, 7) is 6.83. The van der Waals surface area contributed by atoms with Crippen LogP contribution in [0.5, 0.6) is 0 Å². The van der Waals surface area contributed by atoms with Crippen molar-refractivity contribution in [2.45, 2.75) is 45.6 Å². The lowest BCUT2D eigenvalue weighted by Gasteiger charge is -2.31. The molecule has 0 fully saturated rings. The molecule has 19 heavy (non-hydrogen) atoms. The van der Waals surface area contributed by atoms with Crippen LogP contribution in [0.2, 0.25) is 0 Å². The number of alkyl halides is 1. The number of rotatable bonds is 10. The second kappa shape index (κ2) is 8.64. The number of halogens is 1. The predicted molar refractivity (Wildman–Crippen MR) is 69.8 cm³/mol. The fourth-order valence-electron chi connectivity index (χ4n) is 1.53. The van der Waals surface area contributed by atoms with Crippen molar-refractivity contribution in [3.8, 4) is 0 Å². The normalized spacial score (nSPS) is 18.0. The van der Waals surface area contributed by atoms with Crippen molar-refractivity contribution >= 4 is 13.3 Å². The van der Waals surface area contributed by atoms with Crippen molar-refractivity contribution in [3.05, 3.63) is 0 Å². The van der Waals surface area contributed by atoms with Crippen LogP contribution < -0.4 is 5.73 Å². The Bertz CT molecular complexity index is 322. The molecule has 1 amide bonds. The number of primary amides is 1. The number of hydrogen-bond donors (Lipinski definition) is 1. The summed E-state index contributed by atoms with van der Waals surface area (Å²) in [5, 5.41) is 0. The van der Waals surface area contributed by atoms with Gasteiger partial charge in [0.05, 0.1) is 12.3 Å². The second-order valence-electron chi connectivity index (χ2n) is 3.83. The van der Waals surface area contributed by atoms with E-state index in [4.69, 9.17) is 19.7 Å². The largest absolute Gasteiger partial charge is 0.367 e. The van der Waals surface area contributed by atoms with Gasteiger partial charge in [-0.3, -0.25) is 9.36 Å². The molecule has 0 heterocycles. The van der Waals surface area contributed by atoms with E-state index < -0.39 is 31.1 Å². The highest BCUT2D eigenvalue weighted by Gasteiger charge is 2.46. The molecule has 0 bridgehead atoms. The van der Waals surface area contributed by atoms with E-state index in [-0.39, 0.29) is 19.8 Å². The summed E-state index contributed by atoms with van der Waals surface area (Å²) >= 11 is 0. The third-order valence-corrected chi connectivity index (χ3v) is 5.45. The molecule has 2 N–H and O–H groups in total. The molecular formula is C11H23FNO5P. The lowest BCUT2D eigenvalue weighted by molar-refractivity contribution is -0.123. The smallest absolute Gasteiger partial charge is 0.263 e. The lowest BCUT2D eigenvalue weighted by atomic mass is 10.3. The second-order valence-corrected chi connectivity index (χ2v) is 6.61. The van der Waals surface area contributed by atoms with Crippen LogP contribution in [0.25, 0.3) is 0 Å². The van der Waals surface area contributed by atoms with E-state index in [2.05, 4.69) is 0 Å². The van der Waals surface area contributed by atoms with Gasteiger partial charge in [-0.2, -0.15) is 0 Å². The van der Waals surface area contributed by atoms with Crippen LogP contribution in [-0.4, -0.2) is 43.6 Å². The monoisotopic (exact) mass is 299 g/mol. The van der Waals surface area contributed by atoms with Crippen LogP contribution in [0.15, 0.2) is 0 Å². The fourth-order valence-corrected chi connectivity index (χ4v) is 3.90. The van der Waals surface area contributed by atoms with Crippen LogP contribution >= 0.6 is 7.37 Å². The van der Waals surface area contributed by atoms with Crippen LogP contribution in [0.4, 0.5) is 4.39 Å². The highest BCUT2D eigenvalue weighted by molar-refractivity contribution is 7.60. The average Bonchev–Trinajstić information content (AvgIpc) is 2.36. The fraction of sp³-hybridized carbons (Fsp3) is 0.909. The first-order valence-electron chi connectivity index (χ1n) is 6.25. The van der Waals surface area contributed by atoms with Crippen LogP contribution in [-0.2, 0) is 23.4 Å². The van der Waals surface area contributed by atoms with Gasteiger partial charge < -0.3 is 19.7 Å². The minimum atomic E-state index is -3.68. The zero-order valence-corrected chi connectivity index (χ0v) is 12.7. The lowest BCUT2D eigenvalue weighted by Crippen LogP contribution is -2.37. The first-order valence-corrected chi connectivity index (χ1v) is 8.01. The van der Waals surface area contributed by atoms with E-state index in [1.807, 2.05) is 0 Å². The van der Waals surface area contributed by atoms with E-state index in [1.54, 1.807) is 20.8 Å². The quantitative estimate of drug-likeness (QED) is 0.491. The molecule has 0 aromatic carbocycles. The Labute approximate surface area is 113 Å². The number of hydrogen-bond acceptors (Lipinski definition) is 5. The number of ether oxygens (including phenoxy) is 2. The standard InChI is InChI=1S/C11H23FNO5P/c1-5-16-11(17-6-2)19(15,18-7-3)8(4)9(12)10(13)14/h8-9,11H,5-7H2,1-4H3,(H2,13,14). The third-order valence-electron chi connectivity index (χ3n) is 2.51. The van der Waals surface area contributed by atoms with E-state index >= 15 is 0 Å². The predicted octanol–water partition coefficient (Wildman–Crippen LogP) is 1.87. The molecule has 0 aliphatic carbocycles.